The number of carbonyl (C=O) groups excluding carboxylic acids is 2. The number of carbonyl (C=O) groups is 2. The molecule has 1 saturated carbocycles. The standard InChI is InChI=1S/C18H17NO3S/c1-8-5-9(2)19-12(6-8)23-18-16(21)14-11-4-3-10(7-11)13(14)15(20)17(18)22/h3-6,10-11,13-14,22H,7H2,1-2H3/t10-,11+,13+,14-/m1/s1. The van der Waals surface area contributed by atoms with Gasteiger partial charge < -0.3 is 5.11 Å². The molecule has 0 spiro atoms. The number of fused-ring (bicyclic) bond motifs is 5. The predicted octanol–water partition coefficient (Wildman–Crippen LogP) is 3.15. The Morgan fingerprint density at radius 2 is 1.74 bits per heavy atom. The topological polar surface area (TPSA) is 67.3 Å². The van der Waals surface area contributed by atoms with Crippen molar-refractivity contribution in [3.8, 4) is 0 Å². The number of ketones is 2. The first-order valence-electron chi connectivity index (χ1n) is 7.79. The zero-order chi connectivity index (χ0) is 16.3. The van der Waals surface area contributed by atoms with E-state index >= 15 is 0 Å². The summed E-state index contributed by atoms with van der Waals surface area (Å²) in [6, 6.07) is 3.81. The molecule has 0 amide bonds. The molecule has 3 aliphatic carbocycles. The number of hydrogen-bond acceptors (Lipinski definition) is 5. The van der Waals surface area contributed by atoms with Crippen LogP contribution in [0.15, 0.2) is 40.0 Å². The fourth-order valence-electron chi connectivity index (χ4n) is 4.13. The highest BCUT2D eigenvalue weighted by molar-refractivity contribution is 8.04. The van der Waals surface area contributed by atoms with E-state index in [1.165, 1.54) is 0 Å². The van der Waals surface area contributed by atoms with Gasteiger partial charge in [0, 0.05) is 17.5 Å². The lowest BCUT2D eigenvalue weighted by Gasteiger charge is -2.30. The highest BCUT2D eigenvalue weighted by atomic mass is 32.2. The fourth-order valence-corrected chi connectivity index (χ4v) is 5.21. The van der Waals surface area contributed by atoms with Crippen molar-refractivity contribution >= 4 is 23.3 Å². The van der Waals surface area contributed by atoms with Crippen LogP contribution in [0.1, 0.15) is 17.7 Å². The first-order valence-corrected chi connectivity index (χ1v) is 8.60. The number of aryl methyl sites for hydroxylation is 2. The maximum atomic E-state index is 12.9. The number of rotatable bonds is 2. The SMILES string of the molecule is Cc1cc(C)nc(SC2=C(O)C(=O)[C@@H]3[C@H](C2=O)[C@H]2C=C[C@@H]3C2)c1. The molecule has 5 heteroatoms. The van der Waals surface area contributed by atoms with Crippen LogP contribution in [-0.4, -0.2) is 21.7 Å². The zero-order valence-corrected chi connectivity index (χ0v) is 13.8. The Kier molecular flexibility index (Phi) is 3.23. The molecule has 0 aromatic carbocycles. The van der Waals surface area contributed by atoms with Gasteiger partial charge in [-0.05, 0) is 49.8 Å². The summed E-state index contributed by atoms with van der Waals surface area (Å²) in [5.74, 6) is -1.18. The zero-order valence-electron chi connectivity index (χ0n) is 12.9. The number of nitrogens with zero attached hydrogens (tertiary/aromatic N) is 1. The van der Waals surface area contributed by atoms with Crippen molar-refractivity contribution in [3.05, 3.63) is 46.2 Å². The van der Waals surface area contributed by atoms with E-state index in [4.69, 9.17) is 0 Å². The number of pyridine rings is 1. The molecule has 1 N–H and O–H groups in total. The number of Topliss-reactive ketones (excluding diaryl/α,β-unsaturated/α-hetero) is 2. The second-order valence-corrected chi connectivity index (χ2v) is 7.66. The number of thioether (sulfide) groups is 1. The number of aliphatic hydroxyl groups excluding tert-OH is 1. The number of allylic oxidation sites excluding steroid dienone is 4. The smallest absolute Gasteiger partial charge is 0.202 e. The molecule has 0 aliphatic heterocycles. The molecule has 23 heavy (non-hydrogen) atoms. The molecule has 4 rings (SSSR count). The molecule has 1 heterocycles. The molecular formula is C18H17NO3S. The van der Waals surface area contributed by atoms with Crippen LogP contribution in [0.4, 0.5) is 0 Å². The second kappa shape index (κ2) is 5.06. The first kappa shape index (κ1) is 14.7. The molecule has 0 radical (unpaired) electrons. The minimum absolute atomic E-state index is 0.102. The summed E-state index contributed by atoms with van der Waals surface area (Å²) < 4.78 is 0. The Hall–Kier alpha value is -1.88. The van der Waals surface area contributed by atoms with Gasteiger partial charge >= 0.3 is 0 Å². The summed E-state index contributed by atoms with van der Waals surface area (Å²) in [6.45, 7) is 3.84. The second-order valence-electron chi connectivity index (χ2n) is 6.63. The third-order valence-corrected chi connectivity index (χ3v) is 6.03. The lowest BCUT2D eigenvalue weighted by atomic mass is 9.74. The highest BCUT2D eigenvalue weighted by Gasteiger charge is 2.55. The summed E-state index contributed by atoms with van der Waals surface area (Å²) in [5, 5.41) is 11.0. The van der Waals surface area contributed by atoms with E-state index in [1.54, 1.807) is 0 Å². The third-order valence-electron chi connectivity index (χ3n) is 5.02. The Balaban J connectivity index is 1.72. The van der Waals surface area contributed by atoms with Gasteiger partial charge in [-0.15, -0.1) is 0 Å². The van der Waals surface area contributed by atoms with Crippen LogP contribution >= 0.6 is 11.8 Å². The summed E-state index contributed by atoms with van der Waals surface area (Å²) in [4.78, 5) is 30.0. The van der Waals surface area contributed by atoms with Crippen molar-refractivity contribution in [1.29, 1.82) is 0 Å². The van der Waals surface area contributed by atoms with Crippen molar-refractivity contribution < 1.29 is 14.7 Å². The lowest BCUT2D eigenvalue weighted by molar-refractivity contribution is -0.132. The van der Waals surface area contributed by atoms with Gasteiger partial charge in [-0.3, -0.25) is 9.59 Å². The summed E-state index contributed by atoms with van der Waals surface area (Å²) in [5.41, 5.74) is 1.89. The van der Waals surface area contributed by atoms with Crippen LogP contribution in [0, 0.1) is 37.5 Å². The Morgan fingerprint density at radius 1 is 1.09 bits per heavy atom. The average Bonchev–Trinajstić information content (AvgIpc) is 3.09. The molecular weight excluding hydrogens is 310 g/mol. The molecule has 0 saturated heterocycles. The van der Waals surface area contributed by atoms with Crippen LogP contribution in [0.3, 0.4) is 0 Å². The molecule has 118 valence electrons. The maximum Gasteiger partial charge on any atom is 0.202 e. The number of aromatic nitrogens is 1. The average molecular weight is 327 g/mol. The maximum absolute atomic E-state index is 12.9. The largest absolute Gasteiger partial charge is 0.503 e. The molecule has 4 atom stereocenters. The molecule has 3 aliphatic rings. The van der Waals surface area contributed by atoms with Crippen LogP contribution in [0.2, 0.25) is 0 Å². The summed E-state index contributed by atoms with van der Waals surface area (Å²) in [6.07, 6.45) is 4.92. The van der Waals surface area contributed by atoms with Gasteiger partial charge in [-0.25, -0.2) is 4.98 Å². The van der Waals surface area contributed by atoms with Gasteiger partial charge in [0.1, 0.15) is 9.93 Å². The molecule has 1 aromatic rings. The quantitative estimate of drug-likeness (QED) is 0.845. The Labute approximate surface area is 138 Å². The van der Waals surface area contributed by atoms with E-state index in [0.717, 1.165) is 29.4 Å². The van der Waals surface area contributed by atoms with Crippen molar-refractivity contribution in [1.82, 2.24) is 4.98 Å². The predicted molar refractivity (Wildman–Crippen MR) is 87.0 cm³/mol. The van der Waals surface area contributed by atoms with E-state index < -0.39 is 0 Å². The molecule has 0 unspecified atom stereocenters. The van der Waals surface area contributed by atoms with Crippen molar-refractivity contribution in [2.75, 3.05) is 0 Å². The number of aliphatic hydroxyl groups is 1. The van der Waals surface area contributed by atoms with Crippen molar-refractivity contribution in [2.45, 2.75) is 25.3 Å². The molecule has 2 bridgehead atoms. The molecule has 1 fully saturated rings. The van der Waals surface area contributed by atoms with Gasteiger partial charge in [0.15, 0.2) is 11.5 Å². The van der Waals surface area contributed by atoms with Crippen LogP contribution < -0.4 is 0 Å². The fraction of sp³-hybridized carbons (Fsp3) is 0.389. The number of hydrogen-bond donors (Lipinski definition) is 1. The van der Waals surface area contributed by atoms with Gasteiger partial charge in [0.2, 0.25) is 5.78 Å². The Morgan fingerprint density at radius 3 is 2.39 bits per heavy atom. The normalized spacial score (nSPS) is 31.9. The van der Waals surface area contributed by atoms with Crippen LogP contribution in [0.5, 0.6) is 0 Å². The van der Waals surface area contributed by atoms with Gasteiger partial charge in [0.05, 0.1) is 0 Å². The monoisotopic (exact) mass is 327 g/mol. The summed E-state index contributed by atoms with van der Waals surface area (Å²) >= 11 is 1.11. The first-order chi connectivity index (χ1) is 11.0. The van der Waals surface area contributed by atoms with Crippen molar-refractivity contribution in [3.63, 3.8) is 0 Å². The molecule has 1 aromatic heterocycles. The van der Waals surface area contributed by atoms with E-state index in [2.05, 4.69) is 11.1 Å². The summed E-state index contributed by atoms with van der Waals surface area (Å²) in [7, 11) is 0. The molecule has 4 nitrogen and oxygen atoms in total. The van der Waals surface area contributed by atoms with Gasteiger partial charge in [-0.1, -0.05) is 23.9 Å². The lowest BCUT2D eigenvalue weighted by Crippen LogP contribution is -2.39. The van der Waals surface area contributed by atoms with Gasteiger partial charge in [0.25, 0.3) is 0 Å². The van der Waals surface area contributed by atoms with Crippen molar-refractivity contribution in [2.24, 2.45) is 23.7 Å². The van der Waals surface area contributed by atoms with E-state index in [0.29, 0.717) is 5.03 Å². The van der Waals surface area contributed by atoms with Crippen LogP contribution in [0.25, 0.3) is 0 Å². The van der Waals surface area contributed by atoms with Gasteiger partial charge in [-0.2, -0.15) is 0 Å². The highest BCUT2D eigenvalue weighted by Crippen LogP contribution is 2.53. The third kappa shape index (κ3) is 2.17. The minimum atomic E-state index is -0.372. The van der Waals surface area contributed by atoms with Crippen LogP contribution in [-0.2, 0) is 9.59 Å². The van der Waals surface area contributed by atoms with E-state index in [1.807, 2.05) is 32.1 Å². The minimum Gasteiger partial charge on any atom is -0.503 e. The van der Waals surface area contributed by atoms with E-state index in [9.17, 15) is 14.7 Å². The Bertz CT molecular complexity index is 775. The van der Waals surface area contributed by atoms with E-state index in [-0.39, 0.29) is 45.9 Å².